The second kappa shape index (κ2) is 6.11. The summed E-state index contributed by atoms with van der Waals surface area (Å²) in [5.74, 6) is 1.45. The third kappa shape index (κ3) is 2.58. The van der Waals surface area contributed by atoms with Crippen molar-refractivity contribution in [3.63, 3.8) is 0 Å². The van der Waals surface area contributed by atoms with Gasteiger partial charge < -0.3 is 9.47 Å². The predicted octanol–water partition coefficient (Wildman–Crippen LogP) is 4.11. The van der Waals surface area contributed by atoms with Crippen LogP contribution in [0.5, 0.6) is 11.5 Å². The van der Waals surface area contributed by atoms with Gasteiger partial charge in [-0.05, 0) is 26.0 Å². The van der Waals surface area contributed by atoms with E-state index in [0.29, 0.717) is 5.75 Å². The molecule has 1 heterocycles. The summed E-state index contributed by atoms with van der Waals surface area (Å²) in [6.07, 6.45) is 1.93. The van der Waals surface area contributed by atoms with Crippen LogP contribution in [0, 0.1) is 0 Å². The van der Waals surface area contributed by atoms with Crippen molar-refractivity contribution >= 4 is 23.3 Å². The van der Waals surface area contributed by atoms with E-state index in [1.54, 1.807) is 14.2 Å². The van der Waals surface area contributed by atoms with E-state index in [4.69, 9.17) is 9.47 Å². The number of hydrogen-bond acceptors (Lipinski definition) is 3. The number of aliphatic imine (C=N–C) groups is 1. The molecular weight excluding hydrogens is 300 g/mol. The number of hydrogen-bond donors (Lipinski definition) is 0. The zero-order chi connectivity index (χ0) is 17.3. The summed E-state index contributed by atoms with van der Waals surface area (Å²) >= 11 is 0. The van der Waals surface area contributed by atoms with E-state index < -0.39 is 0 Å². The second-order valence-corrected chi connectivity index (χ2v) is 6.38. The average molecular weight is 323 g/mol. The van der Waals surface area contributed by atoms with Crippen molar-refractivity contribution in [3.8, 4) is 11.5 Å². The van der Waals surface area contributed by atoms with Gasteiger partial charge in [0.2, 0.25) is 11.4 Å². The molecule has 2 aromatic rings. The monoisotopic (exact) mass is 323 g/mol. The Bertz CT molecular complexity index is 835. The van der Waals surface area contributed by atoms with E-state index in [1.807, 2.05) is 24.4 Å². The summed E-state index contributed by atoms with van der Waals surface area (Å²) in [5.41, 5.74) is 4.39. The van der Waals surface area contributed by atoms with E-state index in [2.05, 4.69) is 54.7 Å². The van der Waals surface area contributed by atoms with Crippen molar-refractivity contribution in [2.45, 2.75) is 19.3 Å². The molecule has 0 saturated heterocycles. The van der Waals surface area contributed by atoms with Gasteiger partial charge in [0, 0.05) is 17.7 Å². The minimum atomic E-state index is -0.0887. The average Bonchev–Trinajstić information content (AvgIpc) is 2.80. The van der Waals surface area contributed by atoms with Crippen LogP contribution < -0.4 is 9.47 Å². The summed E-state index contributed by atoms with van der Waals surface area (Å²) in [4.78, 5) is 4.68. The first-order valence-electron chi connectivity index (χ1n) is 7.96. The molecule has 0 bridgehead atoms. The summed E-state index contributed by atoms with van der Waals surface area (Å²) in [6.45, 7) is 4.45. The molecule has 0 fully saturated rings. The van der Waals surface area contributed by atoms with Gasteiger partial charge in [-0.3, -0.25) is 0 Å². The van der Waals surface area contributed by atoms with Crippen molar-refractivity contribution in [2.75, 3.05) is 21.3 Å². The molecule has 0 unspecified atom stereocenters. The van der Waals surface area contributed by atoms with E-state index in [-0.39, 0.29) is 5.41 Å². The van der Waals surface area contributed by atoms with E-state index in [1.165, 1.54) is 11.3 Å². The van der Waals surface area contributed by atoms with Gasteiger partial charge in [0.1, 0.15) is 24.2 Å². The standard InChI is InChI=1S/C20H23N2O2/c1-20(2)15-8-6-7-9-17(15)22(3)19(20)13-21-16-11-10-14(23-4)12-18(16)24-5/h6-13H,1-5H3/q+1/b21-13-. The molecule has 0 N–H and O–H groups in total. The van der Waals surface area contributed by atoms with Crippen LogP contribution in [-0.2, 0) is 5.41 Å². The summed E-state index contributed by atoms with van der Waals surface area (Å²) in [6, 6.07) is 14.1. The molecule has 0 spiro atoms. The molecule has 124 valence electrons. The molecule has 2 aromatic carbocycles. The Balaban J connectivity index is 2.00. The molecule has 4 nitrogen and oxygen atoms in total. The molecular formula is C20H23N2O2+. The third-order valence-corrected chi connectivity index (χ3v) is 4.65. The maximum atomic E-state index is 5.43. The fourth-order valence-corrected chi connectivity index (χ4v) is 3.25. The largest absolute Gasteiger partial charge is 0.497 e. The molecule has 3 rings (SSSR count). The summed E-state index contributed by atoms with van der Waals surface area (Å²) in [7, 11) is 5.36. The quantitative estimate of drug-likeness (QED) is 0.627. The highest BCUT2D eigenvalue weighted by molar-refractivity contribution is 6.34. The Labute approximate surface area is 143 Å². The lowest BCUT2D eigenvalue weighted by molar-refractivity contribution is -0.400. The van der Waals surface area contributed by atoms with Gasteiger partial charge in [-0.2, -0.15) is 4.58 Å². The number of fused-ring (bicyclic) bond motifs is 1. The Morgan fingerprint density at radius 2 is 1.79 bits per heavy atom. The molecule has 24 heavy (non-hydrogen) atoms. The summed E-state index contributed by atoms with van der Waals surface area (Å²) in [5, 5.41) is 0. The highest BCUT2D eigenvalue weighted by Gasteiger charge is 2.43. The summed E-state index contributed by atoms with van der Waals surface area (Å²) < 4.78 is 12.9. The van der Waals surface area contributed by atoms with Crippen LogP contribution in [0.15, 0.2) is 47.5 Å². The van der Waals surface area contributed by atoms with E-state index >= 15 is 0 Å². The molecule has 0 saturated carbocycles. The van der Waals surface area contributed by atoms with Crippen molar-refractivity contribution in [1.82, 2.24) is 0 Å². The van der Waals surface area contributed by atoms with Crippen molar-refractivity contribution in [2.24, 2.45) is 4.99 Å². The number of nitrogens with zero attached hydrogens (tertiary/aromatic N) is 2. The fourth-order valence-electron chi connectivity index (χ4n) is 3.25. The van der Waals surface area contributed by atoms with Crippen molar-refractivity contribution in [1.29, 1.82) is 0 Å². The van der Waals surface area contributed by atoms with Crippen LogP contribution in [-0.4, -0.2) is 37.8 Å². The van der Waals surface area contributed by atoms with Crippen LogP contribution in [0.2, 0.25) is 0 Å². The molecule has 1 aliphatic heterocycles. The van der Waals surface area contributed by atoms with Gasteiger partial charge in [-0.25, -0.2) is 4.99 Å². The smallest absolute Gasteiger partial charge is 0.210 e. The maximum absolute atomic E-state index is 5.43. The third-order valence-electron chi connectivity index (χ3n) is 4.65. The van der Waals surface area contributed by atoms with Crippen LogP contribution in [0.1, 0.15) is 19.4 Å². The maximum Gasteiger partial charge on any atom is 0.210 e. The lowest BCUT2D eigenvalue weighted by Crippen LogP contribution is -2.29. The van der Waals surface area contributed by atoms with Crippen molar-refractivity contribution in [3.05, 3.63) is 48.0 Å². The van der Waals surface area contributed by atoms with E-state index in [9.17, 15) is 0 Å². The SMILES string of the molecule is COc1ccc(/N=C\C2=[N+](C)c3ccccc3C2(C)C)c(OC)c1. The van der Waals surface area contributed by atoms with Gasteiger partial charge in [-0.15, -0.1) is 0 Å². The van der Waals surface area contributed by atoms with Gasteiger partial charge in [0.05, 0.1) is 25.8 Å². The lowest BCUT2D eigenvalue weighted by Gasteiger charge is -2.14. The number of methoxy groups -OCH3 is 2. The number of para-hydroxylation sites is 1. The lowest BCUT2D eigenvalue weighted by atomic mass is 9.82. The minimum absolute atomic E-state index is 0.0887. The molecule has 1 aliphatic rings. The van der Waals surface area contributed by atoms with Crippen LogP contribution in [0.3, 0.4) is 0 Å². The Kier molecular flexibility index (Phi) is 4.14. The molecule has 4 heteroatoms. The first-order valence-corrected chi connectivity index (χ1v) is 7.96. The first-order chi connectivity index (χ1) is 11.5. The highest BCUT2D eigenvalue weighted by Crippen LogP contribution is 2.38. The zero-order valence-electron chi connectivity index (χ0n) is 14.8. The van der Waals surface area contributed by atoms with Gasteiger partial charge in [0.15, 0.2) is 0 Å². The van der Waals surface area contributed by atoms with Crippen LogP contribution in [0.4, 0.5) is 11.4 Å². The van der Waals surface area contributed by atoms with Gasteiger partial charge in [0.25, 0.3) is 0 Å². The number of benzene rings is 2. The Morgan fingerprint density at radius 1 is 1.04 bits per heavy atom. The zero-order valence-corrected chi connectivity index (χ0v) is 14.8. The highest BCUT2D eigenvalue weighted by atomic mass is 16.5. The minimum Gasteiger partial charge on any atom is -0.497 e. The molecule has 0 radical (unpaired) electrons. The first kappa shape index (κ1) is 16.2. The van der Waals surface area contributed by atoms with E-state index in [0.717, 1.165) is 17.1 Å². The fraction of sp³-hybridized carbons (Fsp3) is 0.300. The molecule has 0 amide bonds. The number of ether oxygens (including phenoxy) is 2. The Morgan fingerprint density at radius 3 is 2.46 bits per heavy atom. The van der Waals surface area contributed by atoms with Gasteiger partial charge in [-0.1, -0.05) is 18.2 Å². The van der Waals surface area contributed by atoms with Crippen LogP contribution >= 0.6 is 0 Å². The van der Waals surface area contributed by atoms with Crippen LogP contribution in [0.25, 0.3) is 0 Å². The molecule has 0 aliphatic carbocycles. The Hall–Kier alpha value is -2.62. The normalized spacial score (nSPS) is 15.7. The number of rotatable bonds is 4. The molecule has 0 aromatic heterocycles. The van der Waals surface area contributed by atoms with Crippen molar-refractivity contribution < 1.29 is 14.0 Å². The predicted molar refractivity (Wildman–Crippen MR) is 98.0 cm³/mol. The molecule has 0 atom stereocenters. The van der Waals surface area contributed by atoms with Gasteiger partial charge >= 0.3 is 0 Å². The topological polar surface area (TPSA) is 33.8 Å². The second-order valence-electron chi connectivity index (χ2n) is 6.38.